The largest absolute Gasteiger partial charge is 0.379 e. The van der Waals surface area contributed by atoms with Gasteiger partial charge in [-0.2, -0.15) is 0 Å². The summed E-state index contributed by atoms with van der Waals surface area (Å²) in [7, 11) is 0. The van der Waals surface area contributed by atoms with Gasteiger partial charge in [-0.25, -0.2) is 0 Å². The highest BCUT2D eigenvalue weighted by Gasteiger charge is 2.12. The van der Waals surface area contributed by atoms with Crippen molar-refractivity contribution in [3.05, 3.63) is 34.0 Å². The van der Waals surface area contributed by atoms with Crippen molar-refractivity contribution in [1.82, 2.24) is 9.80 Å². The predicted octanol–water partition coefficient (Wildman–Crippen LogP) is 4.01. The van der Waals surface area contributed by atoms with Gasteiger partial charge in [0.05, 0.1) is 26.4 Å². The summed E-state index contributed by atoms with van der Waals surface area (Å²) in [5.74, 6) is 0. The molecule has 2 aromatic rings. The normalized spacial score (nSPS) is 19.3. The summed E-state index contributed by atoms with van der Waals surface area (Å²) in [6.45, 7) is 10.4. The number of ether oxygens (including phenoxy) is 2. The minimum atomic E-state index is 0.899. The molecule has 0 atom stereocenters. The van der Waals surface area contributed by atoms with Crippen LogP contribution in [-0.4, -0.2) is 75.5 Å². The smallest absolute Gasteiger partial charge is 0.0594 e. The van der Waals surface area contributed by atoms with Crippen molar-refractivity contribution in [2.24, 2.45) is 0 Å². The van der Waals surface area contributed by atoms with E-state index in [1.165, 1.54) is 58.3 Å². The Balaban J connectivity index is 1.20. The minimum absolute atomic E-state index is 0.899. The summed E-state index contributed by atoms with van der Waals surface area (Å²) in [6, 6.07) is 9.30. The summed E-state index contributed by atoms with van der Waals surface area (Å²) >= 11 is 3.96. The molecule has 2 aromatic heterocycles. The molecular weight excluding hydrogens is 388 g/mol. The van der Waals surface area contributed by atoms with Gasteiger partial charge in [-0.05, 0) is 63.0 Å². The van der Waals surface area contributed by atoms with Gasteiger partial charge in [0.15, 0.2) is 0 Å². The van der Waals surface area contributed by atoms with Crippen molar-refractivity contribution in [2.75, 3.05) is 65.7 Å². The lowest BCUT2D eigenvalue weighted by atomic mass is 10.2. The molecule has 28 heavy (non-hydrogen) atoms. The molecule has 0 bridgehead atoms. The third kappa shape index (κ3) is 6.12. The Labute approximate surface area is 177 Å². The predicted molar refractivity (Wildman–Crippen MR) is 119 cm³/mol. The Hall–Kier alpha value is -0.760. The van der Waals surface area contributed by atoms with Gasteiger partial charge in [0.25, 0.3) is 0 Å². The first-order valence-electron chi connectivity index (χ1n) is 10.6. The van der Waals surface area contributed by atoms with E-state index in [0.717, 1.165) is 52.6 Å². The zero-order valence-corrected chi connectivity index (χ0v) is 18.4. The van der Waals surface area contributed by atoms with Gasteiger partial charge >= 0.3 is 0 Å². The fourth-order valence-corrected chi connectivity index (χ4v) is 6.08. The van der Waals surface area contributed by atoms with Gasteiger partial charge in [0.1, 0.15) is 0 Å². The summed E-state index contributed by atoms with van der Waals surface area (Å²) in [5.41, 5.74) is 0. The van der Waals surface area contributed by atoms with E-state index in [-0.39, 0.29) is 0 Å². The van der Waals surface area contributed by atoms with Crippen LogP contribution in [0.25, 0.3) is 9.75 Å². The van der Waals surface area contributed by atoms with Crippen LogP contribution in [0.4, 0.5) is 0 Å². The van der Waals surface area contributed by atoms with Crippen molar-refractivity contribution in [2.45, 2.75) is 25.7 Å². The molecule has 0 N–H and O–H groups in total. The molecule has 154 valence electrons. The maximum Gasteiger partial charge on any atom is 0.0594 e. The highest BCUT2D eigenvalue weighted by molar-refractivity contribution is 7.22. The highest BCUT2D eigenvalue weighted by atomic mass is 32.1. The molecule has 2 fully saturated rings. The van der Waals surface area contributed by atoms with Crippen LogP contribution < -0.4 is 0 Å². The number of nitrogens with zero attached hydrogens (tertiary/aromatic N) is 2. The summed E-state index contributed by atoms with van der Waals surface area (Å²) in [4.78, 5) is 11.0. The van der Waals surface area contributed by atoms with Crippen molar-refractivity contribution < 1.29 is 9.47 Å². The number of thiophene rings is 2. The zero-order valence-electron chi connectivity index (χ0n) is 16.7. The molecule has 2 saturated heterocycles. The average Bonchev–Trinajstić information content (AvgIpc) is 3.39. The lowest BCUT2D eigenvalue weighted by Gasteiger charge is -2.26. The second-order valence-corrected chi connectivity index (χ2v) is 9.98. The van der Waals surface area contributed by atoms with E-state index in [1.54, 1.807) is 0 Å². The lowest BCUT2D eigenvalue weighted by Crippen LogP contribution is -2.36. The molecule has 6 heteroatoms. The van der Waals surface area contributed by atoms with E-state index in [9.17, 15) is 0 Å². The van der Waals surface area contributed by atoms with E-state index in [0.29, 0.717) is 0 Å². The zero-order chi connectivity index (χ0) is 19.0. The molecule has 4 heterocycles. The summed E-state index contributed by atoms with van der Waals surface area (Å²) in [5, 5.41) is 0. The van der Waals surface area contributed by atoms with E-state index in [1.807, 2.05) is 22.7 Å². The van der Waals surface area contributed by atoms with E-state index in [4.69, 9.17) is 9.47 Å². The van der Waals surface area contributed by atoms with Crippen LogP contribution in [-0.2, 0) is 22.3 Å². The van der Waals surface area contributed by atoms with Gasteiger partial charge < -0.3 is 9.47 Å². The molecular formula is C22H32N2O2S2. The Morgan fingerprint density at radius 2 is 1.07 bits per heavy atom. The second-order valence-electron chi connectivity index (χ2n) is 7.65. The molecule has 0 aliphatic carbocycles. The molecule has 0 unspecified atom stereocenters. The third-order valence-corrected chi connectivity index (χ3v) is 8.05. The Morgan fingerprint density at radius 3 is 1.50 bits per heavy atom. The van der Waals surface area contributed by atoms with E-state index >= 15 is 0 Å². The molecule has 2 aliphatic rings. The minimum Gasteiger partial charge on any atom is -0.379 e. The van der Waals surface area contributed by atoms with Crippen molar-refractivity contribution in [1.29, 1.82) is 0 Å². The van der Waals surface area contributed by atoms with Crippen molar-refractivity contribution >= 4 is 22.7 Å². The van der Waals surface area contributed by atoms with E-state index < -0.39 is 0 Å². The molecule has 0 amide bonds. The summed E-state index contributed by atoms with van der Waals surface area (Å²) < 4.78 is 10.9. The highest BCUT2D eigenvalue weighted by Crippen LogP contribution is 2.34. The van der Waals surface area contributed by atoms with Crippen molar-refractivity contribution in [3.8, 4) is 9.75 Å². The number of morpholine rings is 2. The number of rotatable bonds is 9. The molecule has 0 saturated carbocycles. The number of aryl methyl sites for hydroxylation is 2. The number of hydrogen-bond donors (Lipinski definition) is 0. The van der Waals surface area contributed by atoms with Crippen LogP contribution in [0.15, 0.2) is 24.3 Å². The molecule has 0 spiro atoms. The first kappa shape index (κ1) is 20.5. The first-order chi connectivity index (χ1) is 13.9. The quantitative estimate of drug-likeness (QED) is 0.612. The van der Waals surface area contributed by atoms with Crippen LogP contribution in [0.5, 0.6) is 0 Å². The van der Waals surface area contributed by atoms with Gasteiger partial charge in [0.2, 0.25) is 0 Å². The Kier molecular flexibility index (Phi) is 7.95. The fraction of sp³-hybridized carbons (Fsp3) is 0.636. The van der Waals surface area contributed by atoms with E-state index in [2.05, 4.69) is 34.1 Å². The monoisotopic (exact) mass is 420 g/mol. The fourth-order valence-electron chi connectivity index (χ4n) is 3.89. The van der Waals surface area contributed by atoms with Crippen LogP contribution in [0.1, 0.15) is 22.6 Å². The Morgan fingerprint density at radius 1 is 0.643 bits per heavy atom. The number of hydrogen-bond acceptors (Lipinski definition) is 6. The van der Waals surface area contributed by atoms with Crippen LogP contribution in [0.3, 0.4) is 0 Å². The molecule has 0 radical (unpaired) electrons. The molecule has 4 rings (SSSR count). The van der Waals surface area contributed by atoms with Gasteiger partial charge in [-0.1, -0.05) is 0 Å². The first-order valence-corrected chi connectivity index (χ1v) is 12.3. The van der Waals surface area contributed by atoms with Crippen molar-refractivity contribution in [3.63, 3.8) is 0 Å². The maximum atomic E-state index is 5.43. The van der Waals surface area contributed by atoms with Gasteiger partial charge in [0, 0.05) is 45.7 Å². The topological polar surface area (TPSA) is 24.9 Å². The van der Waals surface area contributed by atoms with Crippen LogP contribution in [0.2, 0.25) is 0 Å². The second kappa shape index (κ2) is 10.9. The maximum absolute atomic E-state index is 5.43. The van der Waals surface area contributed by atoms with Gasteiger partial charge in [-0.3, -0.25) is 9.80 Å². The lowest BCUT2D eigenvalue weighted by molar-refractivity contribution is 0.0374. The Bertz CT molecular complexity index is 643. The van der Waals surface area contributed by atoms with Crippen LogP contribution >= 0.6 is 22.7 Å². The van der Waals surface area contributed by atoms with Crippen LogP contribution in [0, 0.1) is 0 Å². The summed E-state index contributed by atoms with van der Waals surface area (Å²) in [6.07, 6.45) is 4.88. The third-order valence-electron chi connectivity index (χ3n) is 5.57. The molecule has 0 aromatic carbocycles. The van der Waals surface area contributed by atoms with Gasteiger partial charge in [-0.15, -0.1) is 22.7 Å². The average molecular weight is 421 g/mol. The molecule has 2 aliphatic heterocycles. The molecule has 4 nitrogen and oxygen atoms in total. The standard InChI is InChI=1S/C22H32N2O2S2/c1(9-23-11-15-25-16-12-23)3-19-5-7-21(27-19)22-8-6-20(28-22)4-2-10-24-13-17-26-18-14-24/h5-8H,1-4,9-18H2. The SMILES string of the molecule is c1cc(-c2ccc(CCCN3CCOCC3)s2)sc1CCCN1CCOCC1.